The number of methoxy groups -OCH3 is 1. The van der Waals surface area contributed by atoms with Gasteiger partial charge >= 0.3 is 5.69 Å². The number of hydrogen-bond acceptors (Lipinski definition) is 5. The average Bonchev–Trinajstić information content (AvgIpc) is 2.97. The normalized spacial score (nSPS) is 17.8. The van der Waals surface area contributed by atoms with E-state index in [2.05, 4.69) is 10.6 Å². The van der Waals surface area contributed by atoms with Gasteiger partial charge in [0.15, 0.2) is 5.75 Å². The van der Waals surface area contributed by atoms with Crippen LogP contribution in [-0.2, 0) is 0 Å². The fraction of sp³-hybridized carbons (Fsp3) is 0.462. The summed E-state index contributed by atoms with van der Waals surface area (Å²) in [5.41, 5.74) is 0.0506. The Balaban J connectivity index is 2.05. The van der Waals surface area contributed by atoms with Crippen molar-refractivity contribution in [2.24, 2.45) is 0 Å². The topological polar surface area (TPSA) is 93.5 Å². The van der Waals surface area contributed by atoms with Crippen LogP contribution in [0.15, 0.2) is 18.2 Å². The average molecular weight is 279 g/mol. The molecule has 1 fully saturated rings. The molecule has 7 nitrogen and oxygen atoms in total. The Kier molecular flexibility index (Phi) is 4.52. The first-order valence-corrected chi connectivity index (χ1v) is 6.46. The standard InChI is InChI=1S/C13H17N3O4/c1-20-12-5-4-9(7-11(12)16(18)19)13(17)15-8-10-3-2-6-14-10/h4-5,7,10,14H,2-3,6,8H2,1H3,(H,15,17). The summed E-state index contributed by atoms with van der Waals surface area (Å²) in [5, 5.41) is 17.0. The van der Waals surface area contributed by atoms with Crippen LogP contribution in [0.4, 0.5) is 5.69 Å². The Labute approximate surface area is 116 Å². The molecular weight excluding hydrogens is 262 g/mol. The molecule has 7 heteroatoms. The van der Waals surface area contributed by atoms with Crippen molar-refractivity contribution in [3.63, 3.8) is 0 Å². The number of nitrogens with one attached hydrogen (secondary N) is 2. The summed E-state index contributed by atoms with van der Waals surface area (Å²) in [7, 11) is 1.36. The Morgan fingerprint density at radius 1 is 1.60 bits per heavy atom. The van der Waals surface area contributed by atoms with Crippen molar-refractivity contribution in [2.45, 2.75) is 18.9 Å². The third-order valence-electron chi connectivity index (χ3n) is 3.31. The summed E-state index contributed by atoms with van der Waals surface area (Å²) in [4.78, 5) is 22.3. The monoisotopic (exact) mass is 279 g/mol. The summed E-state index contributed by atoms with van der Waals surface area (Å²) >= 11 is 0. The van der Waals surface area contributed by atoms with Crippen molar-refractivity contribution in [3.05, 3.63) is 33.9 Å². The fourth-order valence-electron chi connectivity index (χ4n) is 2.22. The Bertz CT molecular complexity index is 512. The minimum atomic E-state index is -0.561. The van der Waals surface area contributed by atoms with Crippen molar-refractivity contribution < 1.29 is 14.5 Å². The maximum absolute atomic E-state index is 12.0. The first-order chi connectivity index (χ1) is 9.61. The third-order valence-corrected chi connectivity index (χ3v) is 3.31. The highest BCUT2D eigenvalue weighted by Crippen LogP contribution is 2.27. The molecule has 0 radical (unpaired) electrons. The van der Waals surface area contributed by atoms with E-state index in [4.69, 9.17) is 4.74 Å². The quantitative estimate of drug-likeness (QED) is 0.621. The summed E-state index contributed by atoms with van der Waals surface area (Å²) in [6.45, 7) is 1.49. The minimum Gasteiger partial charge on any atom is -0.490 e. The van der Waals surface area contributed by atoms with Crippen LogP contribution < -0.4 is 15.4 Å². The molecule has 1 aliphatic rings. The van der Waals surface area contributed by atoms with Crippen molar-refractivity contribution in [1.82, 2.24) is 10.6 Å². The van der Waals surface area contributed by atoms with Gasteiger partial charge in [0.05, 0.1) is 12.0 Å². The van der Waals surface area contributed by atoms with Gasteiger partial charge in [-0.05, 0) is 31.5 Å². The van der Waals surface area contributed by atoms with Crippen LogP contribution in [0.2, 0.25) is 0 Å². The maximum atomic E-state index is 12.0. The molecule has 1 aromatic rings. The zero-order valence-corrected chi connectivity index (χ0v) is 11.2. The van der Waals surface area contributed by atoms with E-state index in [9.17, 15) is 14.9 Å². The van der Waals surface area contributed by atoms with Crippen LogP contribution in [0.5, 0.6) is 5.75 Å². The molecule has 0 saturated carbocycles. The highest BCUT2D eigenvalue weighted by molar-refractivity contribution is 5.95. The predicted octanol–water partition coefficient (Wildman–Crippen LogP) is 1.09. The second-order valence-electron chi connectivity index (χ2n) is 4.65. The van der Waals surface area contributed by atoms with Crippen molar-refractivity contribution in [2.75, 3.05) is 20.2 Å². The third kappa shape index (κ3) is 3.24. The molecule has 108 valence electrons. The largest absolute Gasteiger partial charge is 0.490 e. The summed E-state index contributed by atoms with van der Waals surface area (Å²) in [6, 6.07) is 4.47. The van der Waals surface area contributed by atoms with Crippen LogP contribution >= 0.6 is 0 Å². The lowest BCUT2D eigenvalue weighted by molar-refractivity contribution is -0.385. The number of carbonyl (C=O) groups is 1. The number of nitro benzene ring substituents is 1. The van der Waals surface area contributed by atoms with E-state index in [1.807, 2.05) is 0 Å². The smallest absolute Gasteiger partial charge is 0.311 e. The Morgan fingerprint density at radius 2 is 2.40 bits per heavy atom. The van der Waals surface area contributed by atoms with Crippen LogP contribution in [-0.4, -0.2) is 37.1 Å². The van der Waals surface area contributed by atoms with E-state index in [0.717, 1.165) is 19.4 Å². The van der Waals surface area contributed by atoms with Crippen LogP contribution in [0.25, 0.3) is 0 Å². The van der Waals surface area contributed by atoms with Crippen molar-refractivity contribution in [3.8, 4) is 5.75 Å². The molecule has 1 aromatic carbocycles. The number of nitro groups is 1. The van der Waals surface area contributed by atoms with Crippen LogP contribution in [0, 0.1) is 10.1 Å². The SMILES string of the molecule is COc1ccc(C(=O)NCC2CCCN2)cc1[N+](=O)[O-]. The molecule has 1 saturated heterocycles. The van der Waals surface area contributed by atoms with E-state index < -0.39 is 4.92 Å². The zero-order chi connectivity index (χ0) is 14.5. The number of hydrogen-bond donors (Lipinski definition) is 2. The van der Waals surface area contributed by atoms with Gasteiger partial charge in [-0.3, -0.25) is 14.9 Å². The molecule has 1 heterocycles. The molecule has 0 aromatic heterocycles. The van der Waals surface area contributed by atoms with Gasteiger partial charge in [-0.2, -0.15) is 0 Å². The van der Waals surface area contributed by atoms with Gasteiger partial charge in [-0.15, -0.1) is 0 Å². The lowest BCUT2D eigenvalue weighted by Gasteiger charge is -2.11. The highest BCUT2D eigenvalue weighted by Gasteiger charge is 2.19. The first-order valence-electron chi connectivity index (χ1n) is 6.46. The van der Waals surface area contributed by atoms with E-state index in [-0.39, 0.29) is 28.9 Å². The number of benzene rings is 1. The van der Waals surface area contributed by atoms with Gasteiger partial charge in [0, 0.05) is 24.2 Å². The van der Waals surface area contributed by atoms with Crippen molar-refractivity contribution >= 4 is 11.6 Å². The van der Waals surface area contributed by atoms with E-state index in [1.54, 1.807) is 0 Å². The molecule has 0 bridgehead atoms. The van der Waals surface area contributed by atoms with Crippen LogP contribution in [0.3, 0.4) is 0 Å². The lowest BCUT2D eigenvalue weighted by Crippen LogP contribution is -2.37. The summed E-state index contributed by atoms with van der Waals surface area (Å²) in [6.07, 6.45) is 2.14. The number of carbonyl (C=O) groups excluding carboxylic acids is 1. The van der Waals surface area contributed by atoms with E-state index >= 15 is 0 Å². The number of amides is 1. The lowest BCUT2D eigenvalue weighted by atomic mass is 10.1. The van der Waals surface area contributed by atoms with E-state index in [0.29, 0.717) is 6.54 Å². The summed E-state index contributed by atoms with van der Waals surface area (Å²) in [5.74, 6) is -0.173. The predicted molar refractivity (Wildman–Crippen MR) is 73.0 cm³/mol. The number of ether oxygens (including phenoxy) is 1. The number of nitrogens with zero attached hydrogens (tertiary/aromatic N) is 1. The van der Waals surface area contributed by atoms with Crippen LogP contribution in [0.1, 0.15) is 23.2 Å². The molecule has 2 N–H and O–H groups in total. The van der Waals surface area contributed by atoms with Gasteiger partial charge in [0.2, 0.25) is 0 Å². The molecule has 0 spiro atoms. The van der Waals surface area contributed by atoms with Gasteiger partial charge in [-0.25, -0.2) is 0 Å². The second-order valence-corrected chi connectivity index (χ2v) is 4.65. The molecular formula is C13H17N3O4. The first kappa shape index (κ1) is 14.3. The molecule has 20 heavy (non-hydrogen) atoms. The van der Waals surface area contributed by atoms with E-state index in [1.165, 1.54) is 25.3 Å². The Hall–Kier alpha value is -2.15. The van der Waals surface area contributed by atoms with Crippen molar-refractivity contribution in [1.29, 1.82) is 0 Å². The van der Waals surface area contributed by atoms with Gasteiger partial charge in [-0.1, -0.05) is 0 Å². The zero-order valence-electron chi connectivity index (χ0n) is 11.2. The molecule has 2 rings (SSSR count). The van der Waals surface area contributed by atoms with Gasteiger partial charge in [0.1, 0.15) is 0 Å². The fourth-order valence-corrected chi connectivity index (χ4v) is 2.22. The van der Waals surface area contributed by atoms with Gasteiger partial charge in [0.25, 0.3) is 5.91 Å². The minimum absolute atomic E-state index is 0.143. The van der Waals surface area contributed by atoms with Gasteiger partial charge < -0.3 is 15.4 Å². The molecule has 1 aliphatic heterocycles. The second kappa shape index (κ2) is 6.33. The Morgan fingerprint density at radius 3 is 3.00 bits per heavy atom. The molecule has 1 amide bonds. The molecule has 1 unspecified atom stereocenters. The highest BCUT2D eigenvalue weighted by atomic mass is 16.6. The molecule has 1 atom stereocenters. The summed E-state index contributed by atoms with van der Waals surface area (Å²) < 4.78 is 4.90. The maximum Gasteiger partial charge on any atom is 0.311 e. The molecule has 0 aliphatic carbocycles. The number of rotatable bonds is 5.